The number of carbonyl (C=O) groups is 1. The van der Waals surface area contributed by atoms with Gasteiger partial charge in [0.1, 0.15) is 17.3 Å². The summed E-state index contributed by atoms with van der Waals surface area (Å²) in [5.41, 5.74) is 3.92. The van der Waals surface area contributed by atoms with Gasteiger partial charge >= 0.3 is 12.1 Å². The fraction of sp³-hybridized carbons (Fsp3) is 0.188. The summed E-state index contributed by atoms with van der Waals surface area (Å²) in [5, 5.41) is 0. The van der Waals surface area contributed by atoms with Crippen molar-refractivity contribution < 1.29 is 27.1 Å². The minimum atomic E-state index is -4.59. The molecular weight excluding hydrogens is 520 g/mol. The molecule has 1 heterocycles. The predicted octanol–water partition coefficient (Wildman–Crippen LogP) is 8.33. The predicted molar refractivity (Wildman–Crippen MR) is 147 cm³/mol. The number of amidine groups is 1. The molecule has 1 unspecified atom stereocenters. The van der Waals surface area contributed by atoms with Gasteiger partial charge in [0.05, 0.1) is 25.1 Å². The molecule has 0 bridgehead atoms. The van der Waals surface area contributed by atoms with Gasteiger partial charge in [-0.1, -0.05) is 66.2 Å². The highest BCUT2D eigenvalue weighted by molar-refractivity contribution is 6.13. The van der Waals surface area contributed by atoms with Crippen molar-refractivity contribution in [2.45, 2.75) is 32.5 Å². The third kappa shape index (κ3) is 5.34. The SMILES string of the molecule is COC(=O)CC1c2cc(C)cc(F)c2N=C(c2ccc(-c3cccc(C)c3)cc2)N1c1cccc(C(F)(F)F)c1. The van der Waals surface area contributed by atoms with Crippen LogP contribution >= 0.6 is 0 Å². The molecule has 0 aromatic heterocycles. The van der Waals surface area contributed by atoms with Gasteiger partial charge in [-0.15, -0.1) is 0 Å². The van der Waals surface area contributed by atoms with Crippen LogP contribution in [-0.4, -0.2) is 18.9 Å². The molecule has 0 fully saturated rings. The first-order valence-corrected chi connectivity index (χ1v) is 12.6. The zero-order chi connectivity index (χ0) is 28.6. The highest BCUT2D eigenvalue weighted by atomic mass is 19.4. The lowest BCUT2D eigenvalue weighted by molar-refractivity contribution is -0.141. The molecule has 204 valence electrons. The number of anilines is 1. The first kappa shape index (κ1) is 27.1. The van der Waals surface area contributed by atoms with Gasteiger partial charge in [-0.05, 0) is 54.8 Å². The molecule has 1 aliphatic rings. The molecule has 4 aromatic rings. The Morgan fingerprint density at radius 3 is 2.25 bits per heavy atom. The van der Waals surface area contributed by atoms with E-state index in [0.717, 1.165) is 28.8 Å². The number of esters is 1. The van der Waals surface area contributed by atoms with Crippen molar-refractivity contribution in [3.8, 4) is 11.1 Å². The third-order valence-corrected chi connectivity index (χ3v) is 6.89. The van der Waals surface area contributed by atoms with Crippen molar-refractivity contribution in [1.82, 2.24) is 0 Å². The number of carbonyl (C=O) groups excluding carboxylic acids is 1. The summed E-state index contributed by atoms with van der Waals surface area (Å²) in [6.07, 6.45) is -4.82. The lowest BCUT2D eigenvalue weighted by Crippen LogP contribution is -2.39. The molecule has 1 aliphatic heterocycles. The van der Waals surface area contributed by atoms with Gasteiger partial charge in [0.2, 0.25) is 0 Å². The molecule has 0 amide bonds. The van der Waals surface area contributed by atoms with E-state index in [1.807, 2.05) is 43.3 Å². The zero-order valence-electron chi connectivity index (χ0n) is 22.1. The van der Waals surface area contributed by atoms with E-state index in [1.54, 1.807) is 30.0 Å². The van der Waals surface area contributed by atoms with Crippen LogP contribution in [0.3, 0.4) is 0 Å². The minimum Gasteiger partial charge on any atom is -0.469 e. The van der Waals surface area contributed by atoms with Crippen LogP contribution in [0.15, 0.2) is 89.9 Å². The van der Waals surface area contributed by atoms with Gasteiger partial charge in [-0.25, -0.2) is 9.38 Å². The van der Waals surface area contributed by atoms with Crippen molar-refractivity contribution in [3.05, 3.63) is 119 Å². The van der Waals surface area contributed by atoms with E-state index in [9.17, 15) is 18.0 Å². The average Bonchev–Trinajstić information content (AvgIpc) is 2.92. The maximum atomic E-state index is 15.3. The van der Waals surface area contributed by atoms with Crippen LogP contribution in [0.5, 0.6) is 0 Å². The number of hydrogen-bond donors (Lipinski definition) is 0. The number of fused-ring (bicyclic) bond motifs is 1. The Balaban J connectivity index is 1.71. The van der Waals surface area contributed by atoms with Crippen molar-refractivity contribution in [2.24, 2.45) is 4.99 Å². The van der Waals surface area contributed by atoms with Crippen LogP contribution in [0.2, 0.25) is 0 Å². The number of benzene rings is 4. The molecule has 0 N–H and O–H groups in total. The Morgan fingerprint density at radius 1 is 0.875 bits per heavy atom. The zero-order valence-corrected chi connectivity index (χ0v) is 22.1. The smallest absolute Gasteiger partial charge is 0.416 e. The van der Waals surface area contributed by atoms with Gasteiger partial charge in [0.15, 0.2) is 0 Å². The van der Waals surface area contributed by atoms with Gasteiger partial charge in [-0.3, -0.25) is 4.79 Å². The number of nitrogens with zero attached hydrogens (tertiary/aromatic N) is 2. The Hall–Kier alpha value is -4.46. The Labute approximate surface area is 229 Å². The summed E-state index contributed by atoms with van der Waals surface area (Å²) in [6.45, 7) is 3.70. The molecule has 1 atom stereocenters. The number of methoxy groups -OCH3 is 1. The van der Waals surface area contributed by atoms with Crippen molar-refractivity contribution >= 4 is 23.2 Å². The number of hydrogen-bond acceptors (Lipinski definition) is 4. The molecule has 0 saturated heterocycles. The number of ether oxygens (including phenoxy) is 1. The summed E-state index contributed by atoms with van der Waals surface area (Å²) in [7, 11) is 1.23. The van der Waals surface area contributed by atoms with Gasteiger partial charge in [0.25, 0.3) is 0 Å². The van der Waals surface area contributed by atoms with Gasteiger partial charge in [-0.2, -0.15) is 13.2 Å². The largest absolute Gasteiger partial charge is 0.469 e. The summed E-state index contributed by atoms with van der Waals surface area (Å²) < 4.78 is 61.4. The summed E-state index contributed by atoms with van der Waals surface area (Å²) in [5.74, 6) is -0.951. The van der Waals surface area contributed by atoms with Crippen LogP contribution in [0.4, 0.5) is 28.9 Å². The molecule has 5 rings (SSSR count). The molecule has 4 nitrogen and oxygen atoms in total. The monoisotopic (exact) mass is 546 g/mol. The van der Waals surface area contributed by atoms with E-state index >= 15 is 4.39 Å². The summed E-state index contributed by atoms with van der Waals surface area (Å²) in [4.78, 5) is 18.8. The highest BCUT2D eigenvalue weighted by Crippen LogP contribution is 2.44. The highest BCUT2D eigenvalue weighted by Gasteiger charge is 2.37. The maximum Gasteiger partial charge on any atom is 0.416 e. The minimum absolute atomic E-state index is 0.0421. The normalized spacial score (nSPS) is 14.9. The first-order valence-electron chi connectivity index (χ1n) is 12.6. The summed E-state index contributed by atoms with van der Waals surface area (Å²) >= 11 is 0. The van der Waals surface area contributed by atoms with Crippen molar-refractivity contribution in [1.29, 1.82) is 0 Å². The van der Waals surface area contributed by atoms with Crippen molar-refractivity contribution in [2.75, 3.05) is 12.0 Å². The fourth-order valence-corrected chi connectivity index (χ4v) is 5.00. The lowest BCUT2D eigenvalue weighted by atomic mass is 9.93. The lowest BCUT2D eigenvalue weighted by Gasteiger charge is -2.38. The van der Waals surface area contributed by atoms with Crippen LogP contribution in [0.1, 0.15) is 40.3 Å². The number of halogens is 4. The Bertz CT molecular complexity index is 1610. The second-order valence-corrected chi connectivity index (χ2v) is 9.78. The Morgan fingerprint density at radius 2 is 1.57 bits per heavy atom. The molecule has 0 saturated carbocycles. The quantitative estimate of drug-likeness (QED) is 0.187. The third-order valence-electron chi connectivity index (χ3n) is 6.89. The molecule has 8 heteroatoms. The van der Waals surface area contributed by atoms with Crippen LogP contribution in [-0.2, 0) is 15.7 Å². The van der Waals surface area contributed by atoms with Crippen molar-refractivity contribution in [3.63, 3.8) is 0 Å². The molecule has 0 aliphatic carbocycles. The molecule has 0 radical (unpaired) electrons. The van der Waals surface area contributed by atoms with Gasteiger partial charge < -0.3 is 9.64 Å². The Kier molecular flexibility index (Phi) is 7.19. The van der Waals surface area contributed by atoms with E-state index in [-0.39, 0.29) is 23.6 Å². The summed E-state index contributed by atoms with van der Waals surface area (Å²) in [6, 6.07) is 22.3. The van der Waals surface area contributed by atoms with E-state index in [2.05, 4.69) is 4.99 Å². The molecule has 0 spiro atoms. The van der Waals surface area contributed by atoms with Crippen LogP contribution in [0, 0.1) is 19.7 Å². The molecule has 40 heavy (non-hydrogen) atoms. The van der Waals surface area contributed by atoms with E-state index < -0.39 is 29.6 Å². The van der Waals surface area contributed by atoms with E-state index in [0.29, 0.717) is 16.7 Å². The standard InChI is InChI=1S/C32H26F4N2O2/c1-19-6-4-7-23(14-19)21-10-12-22(13-11-21)31-37-30-26(15-20(2)16-27(30)33)28(18-29(39)40-3)38(31)25-9-5-8-24(17-25)32(34,35)36/h4-17,28H,18H2,1-3H3. The van der Waals surface area contributed by atoms with Gasteiger partial charge in [0, 0.05) is 16.8 Å². The first-order chi connectivity index (χ1) is 19.0. The fourth-order valence-electron chi connectivity index (χ4n) is 5.00. The van der Waals surface area contributed by atoms with Crippen LogP contribution < -0.4 is 4.90 Å². The van der Waals surface area contributed by atoms with E-state index in [4.69, 9.17) is 4.74 Å². The second kappa shape index (κ2) is 10.6. The number of aliphatic imine (C=N–C) groups is 1. The van der Waals surface area contributed by atoms with Crippen LogP contribution in [0.25, 0.3) is 11.1 Å². The number of aryl methyl sites for hydroxylation is 2. The second-order valence-electron chi connectivity index (χ2n) is 9.78. The number of rotatable bonds is 5. The number of alkyl halides is 3. The average molecular weight is 547 g/mol. The molecular formula is C32H26F4N2O2. The molecule has 4 aromatic carbocycles. The van der Waals surface area contributed by atoms with E-state index in [1.165, 1.54) is 25.3 Å². The maximum absolute atomic E-state index is 15.3. The topological polar surface area (TPSA) is 41.9 Å².